The number of carbonyl (C=O) groups is 2. The molecule has 1 amide bonds. The molecular weight excluding hydrogens is 236 g/mol. The fourth-order valence-electron chi connectivity index (χ4n) is 2.57. The molecule has 18 heavy (non-hydrogen) atoms. The third kappa shape index (κ3) is 3.20. The van der Waals surface area contributed by atoms with E-state index in [-0.39, 0.29) is 11.9 Å². The van der Waals surface area contributed by atoms with Gasteiger partial charge in [-0.15, -0.1) is 0 Å². The third-order valence-electron chi connectivity index (χ3n) is 3.53. The van der Waals surface area contributed by atoms with E-state index < -0.39 is 12.0 Å². The van der Waals surface area contributed by atoms with Gasteiger partial charge in [-0.3, -0.25) is 4.79 Å². The molecule has 2 N–H and O–H groups in total. The minimum Gasteiger partial charge on any atom is -0.480 e. The van der Waals surface area contributed by atoms with Crippen LogP contribution < -0.4 is 5.32 Å². The van der Waals surface area contributed by atoms with Crippen LogP contribution in [0, 0.1) is 0 Å². The van der Waals surface area contributed by atoms with Crippen molar-refractivity contribution in [3.05, 3.63) is 0 Å². The van der Waals surface area contributed by atoms with Gasteiger partial charge in [-0.05, 0) is 19.3 Å². The van der Waals surface area contributed by atoms with Gasteiger partial charge >= 0.3 is 5.97 Å². The maximum atomic E-state index is 12.1. The Morgan fingerprint density at radius 2 is 2.22 bits per heavy atom. The Kier molecular flexibility index (Phi) is 4.54. The average molecular weight is 256 g/mol. The number of nitrogens with one attached hydrogen (secondary N) is 1. The lowest BCUT2D eigenvalue weighted by atomic mass is 10.0. The molecule has 0 radical (unpaired) electrons. The van der Waals surface area contributed by atoms with Gasteiger partial charge in [0.1, 0.15) is 6.04 Å². The predicted molar refractivity (Wildman–Crippen MR) is 64.2 cm³/mol. The van der Waals surface area contributed by atoms with Crippen LogP contribution >= 0.6 is 0 Å². The van der Waals surface area contributed by atoms with Crippen molar-refractivity contribution in [3.8, 4) is 0 Å². The van der Waals surface area contributed by atoms with E-state index in [2.05, 4.69) is 5.32 Å². The maximum Gasteiger partial charge on any atom is 0.326 e. The molecule has 102 valence electrons. The number of amides is 1. The van der Waals surface area contributed by atoms with Crippen molar-refractivity contribution in [3.63, 3.8) is 0 Å². The van der Waals surface area contributed by atoms with Crippen LogP contribution in [0.4, 0.5) is 0 Å². The van der Waals surface area contributed by atoms with Gasteiger partial charge in [0.05, 0.1) is 13.2 Å². The summed E-state index contributed by atoms with van der Waals surface area (Å²) in [5.41, 5.74) is 0. The Morgan fingerprint density at radius 1 is 1.39 bits per heavy atom. The molecule has 2 aliphatic rings. The number of ether oxygens (including phenoxy) is 1. The van der Waals surface area contributed by atoms with Crippen LogP contribution in [0.5, 0.6) is 0 Å². The molecule has 2 heterocycles. The second kappa shape index (κ2) is 6.15. The van der Waals surface area contributed by atoms with E-state index >= 15 is 0 Å². The largest absolute Gasteiger partial charge is 0.480 e. The standard InChI is InChI=1S/C12H20N2O4/c15-11(7-9-8-18-6-4-13-9)14-5-2-1-3-10(14)12(16)17/h9-10,13H,1-8H2,(H,16,17)/t9?,10-/m0/s1. The Morgan fingerprint density at radius 3 is 2.89 bits per heavy atom. The first-order valence-corrected chi connectivity index (χ1v) is 6.52. The van der Waals surface area contributed by atoms with Gasteiger partial charge in [0.2, 0.25) is 5.91 Å². The molecule has 0 bridgehead atoms. The average Bonchev–Trinajstić information content (AvgIpc) is 2.40. The first-order valence-electron chi connectivity index (χ1n) is 6.52. The topological polar surface area (TPSA) is 78.9 Å². The van der Waals surface area contributed by atoms with E-state index in [1.807, 2.05) is 0 Å². The van der Waals surface area contributed by atoms with E-state index in [4.69, 9.17) is 9.84 Å². The molecule has 2 saturated heterocycles. The zero-order chi connectivity index (χ0) is 13.0. The lowest BCUT2D eigenvalue weighted by Gasteiger charge is -2.34. The molecule has 2 aliphatic heterocycles. The lowest BCUT2D eigenvalue weighted by Crippen LogP contribution is -2.51. The van der Waals surface area contributed by atoms with Gasteiger partial charge in [0, 0.05) is 25.6 Å². The molecular formula is C12H20N2O4. The van der Waals surface area contributed by atoms with Crippen LogP contribution in [-0.2, 0) is 14.3 Å². The van der Waals surface area contributed by atoms with Crippen molar-refractivity contribution >= 4 is 11.9 Å². The van der Waals surface area contributed by atoms with Gasteiger partial charge in [-0.25, -0.2) is 4.79 Å². The smallest absolute Gasteiger partial charge is 0.326 e. The number of nitrogens with zero attached hydrogens (tertiary/aromatic N) is 1. The number of carboxylic acids is 1. The quantitative estimate of drug-likeness (QED) is 0.733. The summed E-state index contributed by atoms with van der Waals surface area (Å²) in [4.78, 5) is 24.8. The normalized spacial score (nSPS) is 29.0. The SMILES string of the molecule is O=C(O)[C@@H]1CCCCN1C(=O)CC1COCCN1. The van der Waals surface area contributed by atoms with Crippen LogP contribution in [0.1, 0.15) is 25.7 Å². The Labute approximate surface area is 106 Å². The molecule has 2 atom stereocenters. The fourth-order valence-corrected chi connectivity index (χ4v) is 2.57. The predicted octanol–water partition coefficient (Wildman–Crippen LogP) is -0.169. The summed E-state index contributed by atoms with van der Waals surface area (Å²) in [6.45, 7) is 2.51. The van der Waals surface area contributed by atoms with E-state index in [0.717, 1.165) is 19.4 Å². The number of rotatable bonds is 3. The van der Waals surface area contributed by atoms with Crippen molar-refractivity contribution in [1.82, 2.24) is 10.2 Å². The molecule has 0 spiro atoms. The minimum atomic E-state index is -0.893. The Bertz CT molecular complexity index is 315. The summed E-state index contributed by atoms with van der Waals surface area (Å²) < 4.78 is 5.30. The molecule has 1 unspecified atom stereocenters. The number of hydrogen-bond donors (Lipinski definition) is 2. The summed E-state index contributed by atoms with van der Waals surface area (Å²) in [5, 5.41) is 12.3. The highest BCUT2D eigenvalue weighted by Gasteiger charge is 2.32. The maximum absolute atomic E-state index is 12.1. The number of piperidine rings is 1. The summed E-state index contributed by atoms with van der Waals surface area (Å²) in [6, 6.07) is -0.626. The Balaban J connectivity index is 1.91. The monoisotopic (exact) mass is 256 g/mol. The molecule has 0 aromatic rings. The number of likely N-dealkylation sites (tertiary alicyclic amines) is 1. The highest BCUT2D eigenvalue weighted by atomic mass is 16.5. The molecule has 0 aromatic heterocycles. The van der Waals surface area contributed by atoms with Crippen molar-refractivity contribution in [2.75, 3.05) is 26.3 Å². The van der Waals surface area contributed by atoms with Crippen LogP contribution in [0.3, 0.4) is 0 Å². The molecule has 2 fully saturated rings. The van der Waals surface area contributed by atoms with E-state index in [1.54, 1.807) is 0 Å². The highest BCUT2D eigenvalue weighted by Crippen LogP contribution is 2.18. The second-order valence-corrected chi connectivity index (χ2v) is 4.87. The van der Waals surface area contributed by atoms with Crippen molar-refractivity contribution in [1.29, 1.82) is 0 Å². The molecule has 0 aromatic carbocycles. The lowest BCUT2D eigenvalue weighted by molar-refractivity contribution is -0.152. The van der Waals surface area contributed by atoms with Gasteiger partial charge in [-0.1, -0.05) is 0 Å². The van der Waals surface area contributed by atoms with Crippen molar-refractivity contribution in [2.45, 2.75) is 37.8 Å². The van der Waals surface area contributed by atoms with Gasteiger partial charge in [0.15, 0.2) is 0 Å². The minimum absolute atomic E-state index is 0.0163. The van der Waals surface area contributed by atoms with Crippen LogP contribution in [-0.4, -0.2) is 60.3 Å². The third-order valence-corrected chi connectivity index (χ3v) is 3.53. The van der Waals surface area contributed by atoms with Gasteiger partial charge in [0.25, 0.3) is 0 Å². The fraction of sp³-hybridized carbons (Fsp3) is 0.833. The number of morpholine rings is 1. The molecule has 2 rings (SSSR count). The number of carbonyl (C=O) groups excluding carboxylic acids is 1. The van der Waals surface area contributed by atoms with Crippen molar-refractivity contribution < 1.29 is 19.4 Å². The summed E-state index contributed by atoms with van der Waals surface area (Å²) in [6.07, 6.45) is 2.66. The van der Waals surface area contributed by atoms with Crippen LogP contribution in [0.25, 0.3) is 0 Å². The molecule has 6 nitrogen and oxygen atoms in total. The highest BCUT2D eigenvalue weighted by molar-refractivity contribution is 5.84. The number of aliphatic carboxylic acids is 1. The number of hydrogen-bond acceptors (Lipinski definition) is 4. The molecule has 0 saturated carbocycles. The first kappa shape index (κ1) is 13.3. The first-order chi connectivity index (χ1) is 8.68. The van der Waals surface area contributed by atoms with Crippen molar-refractivity contribution in [2.24, 2.45) is 0 Å². The summed E-state index contributed by atoms with van der Waals surface area (Å²) >= 11 is 0. The van der Waals surface area contributed by atoms with Gasteiger partial charge < -0.3 is 20.1 Å². The molecule has 0 aliphatic carbocycles. The van der Waals surface area contributed by atoms with Crippen LogP contribution in [0.2, 0.25) is 0 Å². The second-order valence-electron chi connectivity index (χ2n) is 4.87. The zero-order valence-corrected chi connectivity index (χ0v) is 10.4. The number of carboxylic acid groups (broad SMARTS) is 1. The van der Waals surface area contributed by atoms with Gasteiger partial charge in [-0.2, -0.15) is 0 Å². The van der Waals surface area contributed by atoms with E-state index in [1.165, 1.54) is 4.90 Å². The van der Waals surface area contributed by atoms with E-state index in [0.29, 0.717) is 32.6 Å². The van der Waals surface area contributed by atoms with Crippen LogP contribution in [0.15, 0.2) is 0 Å². The Hall–Kier alpha value is -1.14. The zero-order valence-electron chi connectivity index (χ0n) is 10.4. The summed E-state index contributed by atoms with van der Waals surface area (Å²) in [7, 11) is 0. The summed E-state index contributed by atoms with van der Waals surface area (Å²) in [5.74, 6) is -0.971. The molecule has 6 heteroatoms. The van der Waals surface area contributed by atoms with E-state index in [9.17, 15) is 9.59 Å².